The van der Waals surface area contributed by atoms with Crippen LogP contribution in [-0.2, 0) is 38.1 Å². The predicted octanol–water partition coefficient (Wildman–Crippen LogP) is 5.40. The van der Waals surface area contributed by atoms with Crippen LogP contribution in [0.4, 0.5) is 0 Å². The van der Waals surface area contributed by atoms with Gasteiger partial charge in [0, 0.05) is 0 Å². The van der Waals surface area contributed by atoms with Crippen LogP contribution in [0.25, 0.3) is 0 Å². The molecule has 0 N–H and O–H groups in total. The van der Waals surface area contributed by atoms with Crippen molar-refractivity contribution in [1.82, 2.24) is 0 Å². The Balaban J connectivity index is 0.00000195. The Labute approximate surface area is 227 Å². The lowest BCUT2D eigenvalue weighted by Gasteiger charge is -2.55. The van der Waals surface area contributed by atoms with E-state index < -0.39 is 41.8 Å². The van der Waals surface area contributed by atoms with Crippen molar-refractivity contribution in [3.8, 4) is 0 Å². The number of carbonyl (C=O) groups excluding carboxylic acids is 4. The summed E-state index contributed by atoms with van der Waals surface area (Å²) in [5.74, 6) is -1.15. The van der Waals surface area contributed by atoms with E-state index in [4.69, 9.17) is 18.9 Å². The van der Waals surface area contributed by atoms with Crippen LogP contribution in [0, 0.1) is 35.0 Å². The number of hydrogen-bond acceptors (Lipinski definition) is 8. The average molecular weight is 537 g/mol. The highest BCUT2D eigenvalue weighted by molar-refractivity contribution is 5.84. The van der Waals surface area contributed by atoms with E-state index in [-0.39, 0.29) is 24.8 Å². The molecule has 0 spiro atoms. The molecule has 0 aromatic rings. The van der Waals surface area contributed by atoms with Gasteiger partial charge in [0.2, 0.25) is 0 Å². The zero-order valence-electron chi connectivity index (χ0n) is 24.1. The van der Waals surface area contributed by atoms with Gasteiger partial charge in [0.25, 0.3) is 0 Å². The van der Waals surface area contributed by atoms with Crippen molar-refractivity contribution in [2.75, 3.05) is 19.8 Å². The highest BCUT2D eigenvalue weighted by Crippen LogP contribution is 2.57. The molecule has 0 aromatic heterocycles. The highest BCUT2D eigenvalue weighted by atomic mass is 16.6. The zero-order chi connectivity index (χ0) is 27.9. The lowest BCUT2D eigenvalue weighted by atomic mass is 9.54. The molecule has 0 aliphatic heterocycles. The molecule has 2 atom stereocenters. The second-order valence-corrected chi connectivity index (χ2v) is 12.2. The third kappa shape index (κ3) is 7.50. The second-order valence-electron chi connectivity index (χ2n) is 12.2. The minimum Gasteiger partial charge on any atom is -0.462 e. The Morgan fingerprint density at radius 2 is 1.24 bits per heavy atom. The van der Waals surface area contributed by atoms with Crippen molar-refractivity contribution in [2.24, 2.45) is 35.0 Å². The molecule has 8 nitrogen and oxygen atoms in total. The van der Waals surface area contributed by atoms with Gasteiger partial charge in [0.15, 0.2) is 6.61 Å². The Kier molecular flexibility index (Phi) is 10.6. The van der Waals surface area contributed by atoms with Crippen LogP contribution in [0.15, 0.2) is 0 Å². The summed E-state index contributed by atoms with van der Waals surface area (Å²) in [5, 5.41) is 0. The third-order valence-corrected chi connectivity index (χ3v) is 9.01. The van der Waals surface area contributed by atoms with Crippen molar-refractivity contribution in [1.29, 1.82) is 0 Å². The molecule has 5 rings (SSSR count). The van der Waals surface area contributed by atoms with Gasteiger partial charge in [0.05, 0.1) is 17.3 Å². The SMILES string of the molecule is CC.CCC(C)(C)C(=O)OCCOC(=O)C1CCCCC1C(=O)OCC(=O)OC12CC3CC(CC(C3)C1)C2. The Morgan fingerprint density at radius 3 is 1.74 bits per heavy atom. The van der Waals surface area contributed by atoms with Gasteiger partial charge in [-0.1, -0.05) is 33.6 Å². The van der Waals surface area contributed by atoms with E-state index in [0.717, 1.165) is 32.1 Å². The normalized spacial score (nSPS) is 31.4. The number of hydrogen-bond donors (Lipinski definition) is 0. The predicted molar refractivity (Wildman–Crippen MR) is 141 cm³/mol. The summed E-state index contributed by atoms with van der Waals surface area (Å²) in [5.41, 5.74) is -0.954. The molecule has 0 aromatic carbocycles. The van der Waals surface area contributed by atoms with Gasteiger partial charge in [-0.2, -0.15) is 0 Å². The van der Waals surface area contributed by atoms with E-state index in [9.17, 15) is 19.2 Å². The van der Waals surface area contributed by atoms with Crippen molar-refractivity contribution < 1.29 is 38.1 Å². The first kappa shape index (κ1) is 30.4. The molecule has 0 saturated heterocycles. The second kappa shape index (κ2) is 13.3. The maximum atomic E-state index is 12.8. The van der Waals surface area contributed by atoms with E-state index in [1.165, 1.54) is 19.3 Å². The Morgan fingerprint density at radius 1 is 0.763 bits per heavy atom. The van der Waals surface area contributed by atoms with E-state index in [1.807, 2.05) is 20.8 Å². The summed E-state index contributed by atoms with van der Waals surface area (Å²) in [6.07, 6.45) is 9.87. The third-order valence-electron chi connectivity index (χ3n) is 9.01. The van der Waals surface area contributed by atoms with Gasteiger partial charge in [-0.15, -0.1) is 0 Å². The summed E-state index contributed by atoms with van der Waals surface area (Å²) in [4.78, 5) is 50.2. The first-order valence-corrected chi connectivity index (χ1v) is 14.8. The van der Waals surface area contributed by atoms with Gasteiger partial charge in [-0.25, -0.2) is 4.79 Å². The van der Waals surface area contributed by atoms with Crippen LogP contribution in [0.3, 0.4) is 0 Å². The number of rotatable bonds is 10. The van der Waals surface area contributed by atoms with Gasteiger partial charge in [-0.05, 0) is 89.4 Å². The van der Waals surface area contributed by atoms with Gasteiger partial charge >= 0.3 is 23.9 Å². The standard InChI is InChI=1S/C28H42O8.C2H6/c1-4-27(2,3)26(32)34-10-9-33-24(30)21-7-5-6-8-22(21)25(31)35-17-23(29)36-28-14-18-11-19(15-28)13-20(12-18)16-28;1-2/h18-22H,4-17H2,1-3H3;1-2H3. The maximum Gasteiger partial charge on any atom is 0.344 e. The van der Waals surface area contributed by atoms with Crippen LogP contribution >= 0.6 is 0 Å². The molecule has 8 heteroatoms. The van der Waals surface area contributed by atoms with Crippen LogP contribution in [0.5, 0.6) is 0 Å². The number of ether oxygens (including phenoxy) is 4. The van der Waals surface area contributed by atoms with Crippen molar-refractivity contribution in [2.45, 2.75) is 111 Å². The smallest absolute Gasteiger partial charge is 0.344 e. The minimum absolute atomic E-state index is 0.0218. The van der Waals surface area contributed by atoms with Crippen molar-refractivity contribution in [3.63, 3.8) is 0 Å². The quantitative estimate of drug-likeness (QED) is 0.208. The molecule has 5 aliphatic carbocycles. The molecule has 0 radical (unpaired) electrons. The lowest BCUT2D eigenvalue weighted by Crippen LogP contribution is -2.53. The molecule has 0 heterocycles. The molecule has 2 unspecified atom stereocenters. The van der Waals surface area contributed by atoms with E-state index in [0.29, 0.717) is 37.0 Å². The minimum atomic E-state index is -0.639. The average Bonchev–Trinajstić information content (AvgIpc) is 2.89. The van der Waals surface area contributed by atoms with E-state index in [1.54, 1.807) is 13.8 Å². The highest BCUT2D eigenvalue weighted by Gasteiger charge is 2.53. The van der Waals surface area contributed by atoms with Gasteiger partial charge < -0.3 is 18.9 Å². The van der Waals surface area contributed by atoms with Crippen molar-refractivity contribution in [3.05, 3.63) is 0 Å². The summed E-state index contributed by atoms with van der Waals surface area (Å²) in [6.45, 7) is 9.03. The monoisotopic (exact) mass is 536 g/mol. The first-order chi connectivity index (χ1) is 18.1. The summed E-state index contributed by atoms with van der Waals surface area (Å²) < 4.78 is 21.8. The maximum absolute atomic E-state index is 12.8. The Hall–Kier alpha value is -2.12. The molecular formula is C30H48O8. The van der Waals surface area contributed by atoms with E-state index in [2.05, 4.69) is 0 Å². The van der Waals surface area contributed by atoms with Crippen LogP contribution in [0.2, 0.25) is 0 Å². The molecular weight excluding hydrogens is 488 g/mol. The summed E-state index contributed by atoms with van der Waals surface area (Å²) >= 11 is 0. The lowest BCUT2D eigenvalue weighted by molar-refractivity contribution is -0.193. The fourth-order valence-electron chi connectivity index (χ4n) is 7.08. The van der Waals surface area contributed by atoms with Crippen molar-refractivity contribution >= 4 is 23.9 Å². The van der Waals surface area contributed by atoms with Gasteiger partial charge in [0.1, 0.15) is 18.8 Å². The molecule has 216 valence electrons. The van der Waals surface area contributed by atoms with Crippen LogP contribution in [-0.4, -0.2) is 49.3 Å². The molecule has 5 saturated carbocycles. The molecule has 4 bridgehead atoms. The molecule has 5 aliphatic rings. The van der Waals surface area contributed by atoms with Gasteiger partial charge in [-0.3, -0.25) is 14.4 Å². The van der Waals surface area contributed by atoms with Crippen LogP contribution < -0.4 is 0 Å². The number of carbonyl (C=O) groups is 4. The molecule has 5 fully saturated rings. The van der Waals surface area contributed by atoms with Crippen LogP contribution in [0.1, 0.15) is 105 Å². The number of esters is 4. The summed E-state index contributed by atoms with van der Waals surface area (Å²) in [7, 11) is 0. The topological polar surface area (TPSA) is 105 Å². The summed E-state index contributed by atoms with van der Waals surface area (Å²) in [6, 6.07) is 0. The Bertz CT molecular complexity index is 812. The molecule has 38 heavy (non-hydrogen) atoms. The fraction of sp³-hybridized carbons (Fsp3) is 0.867. The fourth-order valence-corrected chi connectivity index (χ4v) is 7.08. The first-order valence-electron chi connectivity index (χ1n) is 14.8. The molecule has 0 amide bonds. The van der Waals surface area contributed by atoms with E-state index >= 15 is 0 Å². The largest absolute Gasteiger partial charge is 0.462 e. The zero-order valence-corrected chi connectivity index (χ0v) is 24.1.